The molecular formula is C13H17N5O5S. The molecule has 0 unspecified atom stereocenters. The number of carbonyl (C=O) groups excluding carboxylic acids is 2. The molecule has 0 aliphatic carbocycles. The molecule has 0 saturated carbocycles. The summed E-state index contributed by atoms with van der Waals surface area (Å²) in [5, 5.41) is 19.5. The Morgan fingerprint density at radius 1 is 1.54 bits per heavy atom. The van der Waals surface area contributed by atoms with Crippen LogP contribution in [0.15, 0.2) is 10.5 Å². The second-order valence-corrected chi connectivity index (χ2v) is 6.56. The number of carboxylic acid groups (broad SMARTS) is 1. The summed E-state index contributed by atoms with van der Waals surface area (Å²) in [5.74, 6) is -2.29. The molecule has 1 aliphatic heterocycles. The monoisotopic (exact) mass is 355 g/mol. The van der Waals surface area contributed by atoms with Gasteiger partial charge in [0.2, 0.25) is 11.5 Å². The van der Waals surface area contributed by atoms with E-state index < -0.39 is 23.5 Å². The van der Waals surface area contributed by atoms with E-state index in [4.69, 9.17) is 15.7 Å². The number of aliphatic carboxylic acids is 1. The Balaban J connectivity index is 2.24. The molecule has 1 aliphatic rings. The van der Waals surface area contributed by atoms with Gasteiger partial charge in [-0.2, -0.15) is 0 Å². The van der Waals surface area contributed by atoms with E-state index in [1.807, 2.05) is 0 Å². The van der Waals surface area contributed by atoms with Gasteiger partial charge in [0.25, 0.3) is 5.91 Å². The fourth-order valence-corrected chi connectivity index (χ4v) is 2.28. The number of aromatic nitrogens is 1. The normalized spacial score (nSPS) is 20.8. The van der Waals surface area contributed by atoms with Crippen molar-refractivity contribution in [3.63, 3.8) is 0 Å². The van der Waals surface area contributed by atoms with Crippen LogP contribution in [0, 0.1) is 0 Å². The first-order valence-electron chi connectivity index (χ1n) is 6.94. The molecule has 0 bridgehead atoms. The molecule has 1 fully saturated rings. The molecule has 10 nitrogen and oxygen atoms in total. The number of β-lactam (4-membered cyclic amide) rings is 1. The summed E-state index contributed by atoms with van der Waals surface area (Å²) in [6.45, 7) is 4.30. The van der Waals surface area contributed by atoms with Crippen LogP contribution in [0.2, 0.25) is 0 Å². The predicted octanol–water partition coefficient (Wildman–Crippen LogP) is -0.688. The lowest BCUT2D eigenvalue weighted by Gasteiger charge is -2.34. The third-order valence-electron chi connectivity index (χ3n) is 3.30. The van der Waals surface area contributed by atoms with Crippen LogP contribution in [0.25, 0.3) is 0 Å². The van der Waals surface area contributed by atoms with E-state index in [9.17, 15) is 14.4 Å². The Morgan fingerprint density at radius 3 is 2.67 bits per heavy atom. The average molecular weight is 355 g/mol. The molecule has 0 radical (unpaired) electrons. The lowest BCUT2D eigenvalue weighted by molar-refractivity contribution is -0.161. The zero-order valence-corrected chi connectivity index (χ0v) is 14.0. The average Bonchev–Trinajstić information content (AvgIpc) is 2.91. The number of nitrogens with zero attached hydrogens (tertiary/aromatic N) is 2. The van der Waals surface area contributed by atoms with Gasteiger partial charge in [0, 0.05) is 5.38 Å². The van der Waals surface area contributed by atoms with Gasteiger partial charge in [0.05, 0.1) is 6.04 Å². The highest BCUT2D eigenvalue weighted by Crippen LogP contribution is 2.15. The minimum absolute atomic E-state index is 0.128. The van der Waals surface area contributed by atoms with Crippen molar-refractivity contribution in [3.8, 4) is 0 Å². The molecule has 1 aromatic rings. The molecule has 2 heterocycles. The molecule has 2 atom stereocenters. The fraction of sp³-hybridized carbons (Fsp3) is 0.462. The SMILES string of the molecule is C[C@H]1NC(=O)[C@H]1NC(=O)/C(=N\OC(C)(C)C(=O)O)c1csc(N)n1. The van der Waals surface area contributed by atoms with Gasteiger partial charge in [-0.15, -0.1) is 11.3 Å². The number of anilines is 1. The van der Waals surface area contributed by atoms with Crippen LogP contribution >= 0.6 is 11.3 Å². The van der Waals surface area contributed by atoms with E-state index in [1.165, 1.54) is 19.2 Å². The van der Waals surface area contributed by atoms with Gasteiger partial charge in [0.15, 0.2) is 10.8 Å². The van der Waals surface area contributed by atoms with Crippen LogP contribution < -0.4 is 16.4 Å². The van der Waals surface area contributed by atoms with Gasteiger partial charge in [-0.05, 0) is 20.8 Å². The number of nitrogen functional groups attached to an aromatic ring is 1. The number of carboxylic acids is 1. The molecule has 11 heteroatoms. The van der Waals surface area contributed by atoms with Crippen molar-refractivity contribution in [2.75, 3.05) is 5.73 Å². The number of amides is 2. The minimum Gasteiger partial charge on any atom is -0.478 e. The highest BCUT2D eigenvalue weighted by Gasteiger charge is 2.38. The Bertz CT molecular complexity index is 713. The molecule has 0 aromatic carbocycles. The maximum absolute atomic E-state index is 12.4. The molecule has 130 valence electrons. The largest absolute Gasteiger partial charge is 0.478 e. The Labute approximate surface area is 141 Å². The van der Waals surface area contributed by atoms with Gasteiger partial charge in [-0.1, -0.05) is 5.16 Å². The zero-order valence-electron chi connectivity index (χ0n) is 13.2. The van der Waals surface area contributed by atoms with Gasteiger partial charge in [-0.25, -0.2) is 9.78 Å². The van der Waals surface area contributed by atoms with Crippen LogP contribution in [0.1, 0.15) is 26.5 Å². The zero-order chi connectivity index (χ0) is 18.1. The van der Waals surface area contributed by atoms with Crippen molar-refractivity contribution >= 4 is 40.0 Å². The number of nitrogens with two attached hydrogens (primary N) is 1. The van der Waals surface area contributed by atoms with Crippen molar-refractivity contribution in [1.29, 1.82) is 0 Å². The van der Waals surface area contributed by atoms with E-state index in [1.54, 1.807) is 6.92 Å². The van der Waals surface area contributed by atoms with Crippen LogP contribution in [0.4, 0.5) is 5.13 Å². The molecule has 5 N–H and O–H groups in total. The first-order valence-corrected chi connectivity index (χ1v) is 7.82. The topological polar surface area (TPSA) is 156 Å². The summed E-state index contributed by atoms with van der Waals surface area (Å²) in [4.78, 5) is 43.8. The van der Waals surface area contributed by atoms with Crippen molar-refractivity contribution in [1.82, 2.24) is 15.6 Å². The molecule has 2 rings (SSSR count). The van der Waals surface area contributed by atoms with Crippen LogP contribution in [0.5, 0.6) is 0 Å². The number of nitrogens with one attached hydrogen (secondary N) is 2. The summed E-state index contributed by atoms with van der Waals surface area (Å²) in [6, 6.07) is -0.925. The van der Waals surface area contributed by atoms with E-state index >= 15 is 0 Å². The van der Waals surface area contributed by atoms with E-state index in [0.29, 0.717) is 0 Å². The van der Waals surface area contributed by atoms with Crippen molar-refractivity contribution in [3.05, 3.63) is 11.1 Å². The summed E-state index contributed by atoms with van der Waals surface area (Å²) in [6.07, 6.45) is 0. The smallest absolute Gasteiger partial charge is 0.350 e. The van der Waals surface area contributed by atoms with Crippen molar-refractivity contribution in [2.24, 2.45) is 5.16 Å². The molecular weight excluding hydrogens is 338 g/mol. The quantitative estimate of drug-likeness (QED) is 0.299. The third-order valence-corrected chi connectivity index (χ3v) is 3.97. The van der Waals surface area contributed by atoms with Crippen LogP contribution in [-0.4, -0.2) is 51.3 Å². The van der Waals surface area contributed by atoms with Gasteiger partial charge in [-0.3, -0.25) is 9.59 Å². The Kier molecular flexibility index (Phi) is 4.73. The van der Waals surface area contributed by atoms with Crippen molar-refractivity contribution in [2.45, 2.75) is 38.5 Å². The second-order valence-electron chi connectivity index (χ2n) is 5.67. The van der Waals surface area contributed by atoms with E-state index in [-0.39, 0.29) is 28.5 Å². The Morgan fingerprint density at radius 2 is 2.21 bits per heavy atom. The summed E-state index contributed by atoms with van der Waals surface area (Å²) in [5.41, 5.74) is 3.77. The maximum Gasteiger partial charge on any atom is 0.350 e. The number of hydrogen-bond acceptors (Lipinski definition) is 8. The van der Waals surface area contributed by atoms with Crippen molar-refractivity contribution < 1.29 is 24.3 Å². The van der Waals surface area contributed by atoms with E-state index in [2.05, 4.69) is 20.8 Å². The number of hydrogen-bond donors (Lipinski definition) is 4. The number of oxime groups is 1. The van der Waals surface area contributed by atoms with Gasteiger partial charge < -0.3 is 26.3 Å². The standard InChI is InChI=1S/C13H17N5O5S/c1-5-7(9(19)15-5)17-10(20)8(6-4-24-12(14)16-6)18-23-13(2,3)11(21)22/h4-5,7H,1-3H3,(H2,14,16)(H,15,19)(H,17,20)(H,21,22)/b18-8-/t5-,7+/m1/s1. The summed E-state index contributed by atoms with van der Waals surface area (Å²) in [7, 11) is 0. The third kappa shape index (κ3) is 3.62. The highest BCUT2D eigenvalue weighted by molar-refractivity contribution is 7.13. The number of carbonyl (C=O) groups is 3. The van der Waals surface area contributed by atoms with Crippen LogP contribution in [-0.2, 0) is 19.2 Å². The first-order chi connectivity index (χ1) is 11.1. The van der Waals surface area contributed by atoms with Gasteiger partial charge in [0.1, 0.15) is 11.7 Å². The molecule has 1 saturated heterocycles. The number of thiazole rings is 1. The molecule has 1 aromatic heterocycles. The minimum atomic E-state index is -1.64. The molecule has 24 heavy (non-hydrogen) atoms. The predicted molar refractivity (Wildman–Crippen MR) is 85.4 cm³/mol. The van der Waals surface area contributed by atoms with Gasteiger partial charge >= 0.3 is 5.97 Å². The number of rotatable bonds is 6. The lowest BCUT2D eigenvalue weighted by Crippen LogP contribution is -2.68. The van der Waals surface area contributed by atoms with E-state index in [0.717, 1.165) is 11.3 Å². The first kappa shape index (κ1) is 17.7. The summed E-state index contributed by atoms with van der Waals surface area (Å²) >= 11 is 1.08. The Hall–Kier alpha value is -2.69. The maximum atomic E-state index is 12.4. The molecule has 0 spiro atoms. The lowest BCUT2D eigenvalue weighted by atomic mass is 10.0. The fourth-order valence-electron chi connectivity index (χ4n) is 1.73. The highest BCUT2D eigenvalue weighted by atomic mass is 32.1. The molecule has 2 amide bonds. The second kappa shape index (κ2) is 6.43. The van der Waals surface area contributed by atoms with Crippen LogP contribution in [0.3, 0.4) is 0 Å². The summed E-state index contributed by atoms with van der Waals surface area (Å²) < 4.78 is 0.